The molecule has 0 aromatic carbocycles. The van der Waals surface area contributed by atoms with Crippen LogP contribution in [0.1, 0.15) is 20.8 Å². The molecule has 0 fully saturated rings. The van der Waals surface area contributed by atoms with Crippen LogP contribution in [-0.4, -0.2) is 31.1 Å². The Balaban J connectivity index is 2.69. The van der Waals surface area contributed by atoms with E-state index < -0.39 is 5.56 Å². The van der Waals surface area contributed by atoms with Crippen molar-refractivity contribution in [1.82, 2.24) is 24.0 Å². The second kappa shape index (κ2) is 5.94. The average molecular weight is 293 g/mol. The third kappa shape index (κ3) is 2.48. The summed E-state index contributed by atoms with van der Waals surface area (Å²) in [5, 5.41) is 2.67. The minimum atomic E-state index is -0.413. The van der Waals surface area contributed by atoms with Gasteiger partial charge in [0.15, 0.2) is 11.2 Å². The minimum Gasteiger partial charge on any atom is -0.355 e. The Morgan fingerprint density at radius 2 is 1.86 bits per heavy atom. The van der Waals surface area contributed by atoms with Crippen LogP contribution in [0.5, 0.6) is 0 Å². The lowest BCUT2D eigenvalue weighted by atomic mass is 10.4. The van der Waals surface area contributed by atoms with Crippen LogP contribution in [0.25, 0.3) is 11.2 Å². The molecule has 2 aromatic rings. The van der Waals surface area contributed by atoms with E-state index in [1.807, 2.05) is 13.8 Å². The number of carbonyl (C=O) groups excluding carboxylic acids is 1. The summed E-state index contributed by atoms with van der Waals surface area (Å²) < 4.78 is 4.08. The van der Waals surface area contributed by atoms with E-state index in [4.69, 9.17) is 0 Å². The molecule has 8 nitrogen and oxygen atoms in total. The van der Waals surface area contributed by atoms with Crippen molar-refractivity contribution in [1.29, 1.82) is 0 Å². The van der Waals surface area contributed by atoms with Gasteiger partial charge in [-0.1, -0.05) is 0 Å². The van der Waals surface area contributed by atoms with Crippen molar-refractivity contribution in [3.05, 3.63) is 27.2 Å². The van der Waals surface area contributed by atoms with Gasteiger partial charge >= 0.3 is 5.69 Å². The fourth-order valence-corrected chi connectivity index (χ4v) is 2.33. The molecular formula is C13H19N5O3. The first kappa shape index (κ1) is 15.0. The van der Waals surface area contributed by atoms with E-state index in [1.54, 1.807) is 6.92 Å². The molecule has 0 saturated heterocycles. The predicted octanol–water partition coefficient (Wildman–Crippen LogP) is -0.464. The van der Waals surface area contributed by atoms with E-state index in [0.717, 1.165) is 4.57 Å². The molecule has 8 heteroatoms. The van der Waals surface area contributed by atoms with Gasteiger partial charge in [0.05, 0.1) is 6.33 Å². The van der Waals surface area contributed by atoms with Crippen molar-refractivity contribution < 1.29 is 4.79 Å². The first-order chi connectivity index (χ1) is 10.0. The number of rotatable bonds is 5. The predicted molar refractivity (Wildman–Crippen MR) is 78.3 cm³/mol. The number of likely N-dealkylation sites (N-methyl/N-ethyl adjacent to an activating group) is 1. The van der Waals surface area contributed by atoms with E-state index >= 15 is 0 Å². The molecule has 0 spiro atoms. The molecule has 2 aromatic heterocycles. The zero-order chi connectivity index (χ0) is 15.6. The molecular weight excluding hydrogens is 274 g/mol. The Labute approximate surface area is 121 Å². The van der Waals surface area contributed by atoms with Gasteiger partial charge in [-0.2, -0.15) is 0 Å². The van der Waals surface area contributed by atoms with E-state index in [1.165, 1.54) is 15.5 Å². The Morgan fingerprint density at radius 1 is 1.19 bits per heavy atom. The number of nitrogens with one attached hydrogen (secondary N) is 1. The third-order valence-corrected chi connectivity index (χ3v) is 3.30. The Bertz CT molecular complexity index is 783. The van der Waals surface area contributed by atoms with Crippen LogP contribution in [0.3, 0.4) is 0 Å². The molecule has 1 N–H and O–H groups in total. The van der Waals surface area contributed by atoms with Crippen LogP contribution in [0, 0.1) is 0 Å². The molecule has 114 valence electrons. The first-order valence-electron chi connectivity index (χ1n) is 7.00. The van der Waals surface area contributed by atoms with Crippen LogP contribution in [0.2, 0.25) is 0 Å². The largest absolute Gasteiger partial charge is 0.355 e. The number of amides is 1. The number of hydrogen-bond acceptors (Lipinski definition) is 4. The van der Waals surface area contributed by atoms with Gasteiger partial charge < -0.3 is 9.88 Å². The quantitative estimate of drug-likeness (QED) is 0.807. The summed E-state index contributed by atoms with van der Waals surface area (Å²) in [6, 6.07) is 0. The van der Waals surface area contributed by atoms with Gasteiger partial charge in [-0.25, -0.2) is 9.78 Å². The summed E-state index contributed by atoms with van der Waals surface area (Å²) in [6.45, 7) is 6.58. The summed E-state index contributed by atoms with van der Waals surface area (Å²) in [4.78, 5) is 40.5. The van der Waals surface area contributed by atoms with Crippen molar-refractivity contribution in [3.63, 3.8) is 0 Å². The molecule has 2 rings (SSSR count). The lowest BCUT2D eigenvalue weighted by Gasteiger charge is -2.09. The van der Waals surface area contributed by atoms with Crippen LogP contribution in [0.15, 0.2) is 15.9 Å². The van der Waals surface area contributed by atoms with Crippen molar-refractivity contribution >= 4 is 17.1 Å². The fourth-order valence-electron chi connectivity index (χ4n) is 2.33. The van der Waals surface area contributed by atoms with Gasteiger partial charge in [0.1, 0.15) is 6.54 Å². The lowest BCUT2D eigenvalue weighted by Crippen LogP contribution is -2.40. The fraction of sp³-hybridized carbons (Fsp3) is 0.538. The molecule has 0 unspecified atom stereocenters. The van der Waals surface area contributed by atoms with Crippen LogP contribution >= 0.6 is 0 Å². The normalized spacial score (nSPS) is 11.0. The highest BCUT2D eigenvalue weighted by Gasteiger charge is 2.17. The van der Waals surface area contributed by atoms with Gasteiger partial charge in [0.25, 0.3) is 5.56 Å². The molecule has 0 radical (unpaired) electrons. The second-order valence-corrected chi connectivity index (χ2v) is 4.57. The lowest BCUT2D eigenvalue weighted by molar-refractivity contribution is -0.121. The maximum Gasteiger partial charge on any atom is 0.332 e. The average Bonchev–Trinajstić information content (AvgIpc) is 2.84. The molecule has 21 heavy (non-hydrogen) atoms. The zero-order valence-electron chi connectivity index (χ0n) is 12.4. The van der Waals surface area contributed by atoms with E-state index in [9.17, 15) is 14.4 Å². The number of imidazole rings is 1. The number of aryl methyl sites for hydroxylation is 1. The summed E-state index contributed by atoms with van der Waals surface area (Å²) in [5.41, 5.74) is -0.184. The van der Waals surface area contributed by atoms with Gasteiger partial charge in [-0.05, 0) is 20.8 Å². The van der Waals surface area contributed by atoms with Crippen molar-refractivity contribution in [2.75, 3.05) is 6.54 Å². The Kier molecular flexibility index (Phi) is 4.25. The van der Waals surface area contributed by atoms with Gasteiger partial charge in [0, 0.05) is 19.6 Å². The molecule has 0 atom stereocenters. The van der Waals surface area contributed by atoms with Crippen LogP contribution in [-0.2, 0) is 24.4 Å². The second-order valence-electron chi connectivity index (χ2n) is 4.57. The highest BCUT2D eigenvalue weighted by atomic mass is 16.2. The molecule has 1 amide bonds. The van der Waals surface area contributed by atoms with Gasteiger partial charge in [-0.15, -0.1) is 0 Å². The van der Waals surface area contributed by atoms with Crippen LogP contribution in [0.4, 0.5) is 0 Å². The SMILES string of the molecule is CCNC(=O)Cn1cnc2c1c(=O)n(CC)c(=O)n2CC. The maximum absolute atomic E-state index is 12.4. The standard InChI is InChI=1S/C13H19N5O3/c1-4-14-9(19)7-16-8-15-11-10(16)12(20)18(6-3)13(21)17(11)5-2/h8H,4-7H2,1-3H3,(H,14,19). The van der Waals surface area contributed by atoms with Crippen LogP contribution < -0.4 is 16.6 Å². The van der Waals surface area contributed by atoms with Crippen molar-refractivity contribution in [3.8, 4) is 0 Å². The van der Waals surface area contributed by atoms with Gasteiger partial charge in [-0.3, -0.25) is 18.7 Å². The smallest absolute Gasteiger partial charge is 0.332 e. The number of nitrogens with zero attached hydrogens (tertiary/aromatic N) is 4. The topological polar surface area (TPSA) is 90.9 Å². The molecule has 0 aliphatic rings. The van der Waals surface area contributed by atoms with E-state index in [-0.39, 0.29) is 30.2 Å². The van der Waals surface area contributed by atoms with E-state index in [0.29, 0.717) is 18.7 Å². The number of hydrogen-bond donors (Lipinski definition) is 1. The number of aromatic nitrogens is 4. The first-order valence-corrected chi connectivity index (χ1v) is 7.00. The molecule has 0 bridgehead atoms. The molecule has 0 aliphatic heterocycles. The van der Waals surface area contributed by atoms with Crippen molar-refractivity contribution in [2.45, 2.75) is 40.4 Å². The van der Waals surface area contributed by atoms with Gasteiger partial charge in [0.2, 0.25) is 5.91 Å². The summed E-state index contributed by atoms with van der Waals surface area (Å²) >= 11 is 0. The highest BCUT2D eigenvalue weighted by molar-refractivity contribution is 5.78. The summed E-state index contributed by atoms with van der Waals surface area (Å²) in [6.07, 6.45) is 1.42. The summed E-state index contributed by atoms with van der Waals surface area (Å²) in [5.74, 6) is -0.200. The van der Waals surface area contributed by atoms with E-state index in [2.05, 4.69) is 10.3 Å². The third-order valence-electron chi connectivity index (χ3n) is 3.30. The minimum absolute atomic E-state index is 0.00517. The number of carbonyl (C=O) groups is 1. The Hall–Kier alpha value is -2.38. The monoisotopic (exact) mass is 293 g/mol. The number of fused-ring (bicyclic) bond motifs is 1. The summed E-state index contributed by atoms with van der Waals surface area (Å²) in [7, 11) is 0. The highest BCUT2D eigenvalue weighted by Crippen LogP contribution is 2.06. The molecule has 0 aliphatic carbocycles. The molecule has 2 heterocycles. The van der Waals surface area contributed by atoms with Crippen molar-refractivity contribution in [2.24, 2.45) is 0 Å². The molecule has 0 saturated carbocycles. The zero-order valence-corrected chi connectivity index (χ0v) is 12.4. The Morgan fingerprint density at radius 3 is 2.43 bits per heavy atom. The maximum atomic E-state index is 12.4.